The third-order valence-corrected chi connectivity index (χ3v) is 6.49. The molecule has 7 nitrogen and oxygen atoms in total. The number of nitrogens with zero attached hydrogens (tertiary/aromatic N) is 5. The Labute approximate surface area is 207 Å². The fraction of sp³-hybridized carbons (Fsp3) is 0.778. The third kappa shape index (κ3) is 11.3. The molecule has 0 aromatic carbocycles. The predicted molar refractivity (Wildman–Crippen MR) is 143 cm³/mol. The number of unbranched alkanes of at least 4 members (excludes halogenated alkanes) is 15. The largest absolute Gasteiger partial charge is 0.368 e. The second-order valence-corrected chi connectivity index (χ2v) is 9.67. The SMILES string of the molecule is CCCCCCCCCCCCCCCCCc1nc(CCCC)cn1-c1nc(N)nc(N)n1. The summed E-state index contributed by atoms with van der Waals surface area (Å²) >= 11 is 0. The van der Waals surface area contributed by atoms with Crippen LogP contribution in [0.2, 0.25) is 0 Å². The average molecular weight is 472 g/mol. The number of hydrogen-bond acceptors (Lipinski definition) is 6. The second-order valence-electron chi connectivity index (χ2n) is 9.67. The van der Waals surface area contributed by atoms with E-state index in [2.05, 4.69) is 28.8 Å². The monoisotopic (exact) mass is 471 g/mol. The fourth-order valence-corrected chi connectivity index (χ4v) is 4.46. The van der Waals surface area contributed by atoms with Gasteiger partial charge in [-0.3, -0.25) is 4.57 Å². The molecule has 34 heavy (non-hydrogen) atoms. The van der Waals surface area contributed by atoms with Gasteiger partial charge >= 0.3 is 0 Å². The van der Waals surface area contributed by atoms with E-state index >= 15 is 0 Å². The van der Waals surface area contributed by atoms with Crippen LogP contribution in [-0.2, 0) is 12.8 Å². The maximum Gasteiger partial charge on any atom is 0.241 e. The zero-order valence-corrected chi connectivity index (χ0v) is 21.9. The summed E-state index contributed by atoms with van der Waals surface area (Å²) < 4.78 is 1.95. The first-order valence-electron chi connectivity index (χ1n) is 14.0. The van der Waals surface area contributed by atoms with Crippen molar-refractivity contribution in [1.29, 1.82) is 0 Å². The fourth-order valence-electron chi connectivity index (χ4n) is 4.46. The van der Waals surface area contributed by atoms with Gasteiger partial charge in [-0.15, -0.1) is 0 Å². The highest BCUT2D eigenvalue weighted by Crippen LogP contribution is 2.17. The molecule has 0 atom stereocenters. The molecule has 0 aliphatic heterocycles. The van der Waals surface area contributed by atoms with Gasteiger partial charge in [0.25, 0.3) is 0 Å². The number of nitrogens with two attached hydrogens (primary N) is 2. The Kier molecular flexibility index (Phi) is 14.3. The van der Waals surface area contributed by atoms with Crippen molar-refractivity contribution in [3.05, 3.63) is 17.7 Å². The van der Waals surface area contributed by atoms with E-state index in [9.17, 15) is 0 Å². The number of hydrogen-bond donors (Lipinski definition) is 2. The van der Waals surface area contributed by atoms with Gasteiger partial charge in [0.1, 0.15) is 5.82 Å². The summed E-state index contributed by atoms with van der Waals surface area (Å²) in [6.07, 6.45) is 26.7. The van der Waals surface area contributed by atoms with Crippen molar-refractivity contribution in [3.63, 3.8) is 0 Å². The van der Waals surface area contributed by atoms with Crippen LogP contribution in [0.4, 0.5) is 11.9 Å². The van der Waals surface area contributed by atoms with Gasteiger partial charge in [-0.1, -0.05) is 110 Å². The predicted octanol–water partition coefficient (Wildman–Crippen LogP) is 6.98. The lowest BCUT2D eigenvalue weighted by molar-refractivity contribution is 0.531. The summed E-state index contributed by atoms with van der Waals surface area (Å²) in [6, 6.07) is 0. The van der Waals surface area contributed by atoms with E-state index in [-0.39, 0.29) is 11.9 Å². The topological polar surface area (TPSA) is 109 Å². The molecule has 4 N–H and O–H groups in total. The Bertz CT molecular complexity index is 767. The van der Waals surface area contributed by atoms with E-state index in [1.807, 2.05) is 10.8 Å². The summed E-state index contributed by atoms with van der Waals surface area (Å²) in [4.78, 5) is 17.3. The van der Waals surface area contributed by atoms with Crippen LogP contribution in [0.25, 0.3) is 5.95 Å². The molecular weight excluding hydrogens is 422 g/mol. The van der Waals surface area contributed by atoms with Gasteiger partial charge < -0.3 is 11.5 Å². The first kappa shape index (κ1) is 28.1. The molecule has 0 bridgehead atoms. The minimum absolute atomic E-state index is 0.143. The van der Waals surface area contributed by atoms with Gasteiger partial charge in [-0.05, 0) is 19.3 Å². The van der Waals surface area contributed by atoms with Gasteiger partial charge in [-0.2, -0.15) is 15.0 Å². The van der Waals surface area contributed by atoms with Crippen molar-refractivity contribution in [2.45, 2.75) is 136 Å². The van der Waals surface area contributed by atoms with E-state index in [0.717, 1.165) is 43.6 Å². The number of aryl methyl sites for hydroxylation is 2. The number of rotatable bonds is 20. The van der Waals surface area contributed by atoms with Crippen molar-refractivity contribution in [2.24, 2.45) is 0 Å². The molecule has 7 heteroatoms. The highest BCUT2D eigenvalue weighted by Gasteiger charge is 2.13. The summed E-state index contributed by atoms with van der Waals surface area (Å²) in [5, 5.41) is 0. The Morgan fingerprint density at radius 1 is 0.559 bits per heavy atom. The van der Waals surface area contributed by atoms with E-state index in [1.165, 1.54) is 89.9 Å². The van der Waals surface area contributed by atoms with Crippen LogP contribution in [0.3, 0.4) is 0 Å². The van der Waals surface area contributed by atoms with E-state index in [0.29, 0.717) is 5.95 Å². The molecule has 2 rings (SSSR count). The molecular formula is C27H49N7. The van der Waals surface area contributed by atoms with Gasteiger partial charge in [0.15, 0.2) is 0 Å². The van der Waals surface area contributed by atoms with Gasteiger partial charge in [0, 0.05) is 12.6 Å². The molecule has 0 spiro atoms. The molecule has 192 valence electrons. The number of imidazole rings is 1. The minimum Gasteiger partial charge on any atom is -0.368 e. The van der Waals surface area contributed by atoms with Crippen LogP contribution < -0.4 is 11.5 Å². The Hall–Kier alpha value is -2.18. The number of aromatic nitrogens is 5. The maximum absolute atomic E-state index is 5.79. The van der Waals surface area contributed by atoms with E-state index < -0.39 is 0 Å². The van der Waals surface area contributed by atoms with Gasteiger partial charge in [0.05, 0.1) is 5.69 Å². The molecule has 0 saturated heterocycles. The van der Waals surface area contributed by atoms with Gasteiger partial charge in [-0.25, -0.2) is 4.98 Å². The van der Waals surface area contributed by atoms with Gasteiger partial charge in [0.2, 0.25) is 17.8 Å². The standard InChI is InChI=1S/C27H49N7/c1-3-5-7-8-9-10-11-12-13-14-15-16-17-18-19-21-24-30-23(20-6-4-2)22-34(24)27-32-25(28)31-26(29)33-27/h22H,3-21H2,1-2H3,(H4,28,29,31,32,33). The highest BCUT2D eigenvalue weighted by molar-refractivity contribution is 5.32. The zero-order chi connectivity index (χ0) is 24.4. The van der Waals surface area contributed by atoms with Crippen molar-refractivity contribution in [2.75, 3.05) is 11.5 Å². The normalized spacial score (nSPS) is 11.4. The van der Waals surface area contributed by atoms with E-state index in [1.54, 1.807) is 0 Å². The van der Waals surface area contributed by atoms with Crippen LogP contribution in [-0.4, -0.2) is 24.5 Å². The summed E-state index contributed by atoms with van der Waals surface area (Å²) in [7, 11) is 0. The lowest BCUT2D eigenvalue weighted by atomic mass is 10.0. The number of nitrogen functional groups attached to an aromatic ring is 2. The summed E-state index contributed by atoms with van der Waals surface area (Å²) in [5.74, 6) is 1.75. The molecule has 0 unspecified atom stereocenters. The zero-order valence-electron chi connectivity index (χ0n) is 21.9. The quantitative estimate of drug-likeness (QED) is 0.202. The molecule has 0 aliphatic rings. The first-order chi connectivity index (χ1) is 16.6. The van der Waals surface area contributed by atoms with Crippen LogP contribution in [0.1, 0.15) is 135 Å². The first-order valence-corrected chi connectivity index (χ1v) is 14.0. The van der Waals surface area contributed by atoms with E-state index in [4.69, 9.17) is 16.5 Å². The van der Waals surface area contributed by atoms with Crippen molar-refractivity contribution < 1.29 is 0 Å². The van der Waals surface area contributed by atoms with Crippen molar-refractivity contribution in [3.8, 4) is 5.95 Å². The molecule has 2 aromatic heterocycles. The van der Waals surface area contributed by atoms with Crippen LogP contribution in [0.5, 0.6) is 0 Å². The van der Waals surface area contributed by atoms with Crippen molar-refractivity contribution >= 4 is 11.9 Å². The lowest BCUT2D eigenvalue weighted by Gasteiger charge is -2.07. The summed E-state index contributed by atoms with van der Waals surface area (Å²) in [5.41, 5.74) is 12.7. The molecule has 0 aliphatic carbocycles. The highest BCUT2D eigenvalue weighted by atomic mass is 15.3. The Balaban J connectivity index is 1.63. The minimum atomic E-state index is 0.143. The molecule has 0 radical (unpaired) electrons. The third-order valence-electron chi connectivity index (χ3n) is 6.49. The molecule has 0 fully saturated rings. The smallest absolute Gasteiger partial charge is 0.241 e. The number of anilines is 2. The molecule has 2 heterocycles. The average Bonchev–Trinajstić information content (AvgIpc) is 3.22. The van der Waals surface area contributed by atoms with Crippen LogP contribution >= 0.6 is 0 Å². The van der Waals surface area contributed by atoms with Crippen LogP contribution in [0, 0.1) is 0 Å². The molecule has 0 amide bonds. The Morgan fingerprint density at radius 3 is 1.53 bits per heavy atom. The molecule has 0 saturated carbocycles. The summed E-state index contributed by atoms with van der Waals surface area (Å²) in [6.45, 7) is 4.48. The van der Waals surface area contributed by atoms with Crippen LogP contribution in [0.15, 0.2) is 6.20 Å². The van der Waals surface area contributed by atoms with Crippen molar-refractivity contribution in [1.82, 2.24) is 24.5 Å². The Morgan fingerprint density at radius 2 is 1.03 bits per heavy atom. The molecule has 2 aromatic rings. The maximum atomic E-state index is 5.79. The second kappa shape index (κ2) is 17.3. The lowest BCUT2D eigenvalue weighted by Crippen LogP contribution is -2.10.